The Morgan fingerprint density at radius 1 is 1.12 bits per heavy atom. The zero-order chi connectivity index (χ0) is 29.1. The number of halogens is 4. The number of benzene rings is 2. The molecule has 5 rings (SSSR count). The Morgan fingerprint density at radius 3 is 2.56 bits per heavy atom. The number of esters is 1. The highest BCUT2D eigenvalue weighted by Crippen LogP contribution is 2.38. The Bertz CT molecular complexity index is 1590. The van der Waals surface area contributed by atoms with E-state index in [-0.39, 0.29) is 41.4 Å². The van der Waals surface area contributed by atoms with E-state index in [4.69, 9.17) is 9.47 Å². The molecule has 4 aromatic rings. The number of nitrogens with one attached hydrogen (secondary N) is 1. The number of fused-ring (bicyclic) bond motifs is 1. The molecule has 0 bridgehead atoms. The maximum absolute atomic E-state index is 14.3. The van der Waals surface area contributed by atoms with Crippen molar-refractivity contribution < 1.29 is 31.8 Å². The third-order valence-corrected chi connectivity index (χ3v) is 6.31. The molecule has 0 amide bonds. The van der Waals surface area contributed by atoms with E-state index in [1.165, 1.54) is 48.9 Å². The van der Waals surface area contributed by atoms with Gasteiger partial charge in [0.25, 0.3) is 0 Å². The van der Waals surface area contributed by atoms with Crippen LogP contribution < -0.4 is 4.74 Å². The van der Waals surface area contributed by atoms with Gasteiger partial charge in [-0.2, -0.15) is 18.3 Å². The Morgan fingerprint density at radius 2 is 1.88 bits per heavy atom. The second kappa shape index (κ2) is 11.4. The lowest BCUT2D eigenvalue weighted by Crippen LogP contribution is -2.33. The largest absolute Gasteiger partial charge is 0.494 e. The van der Waals surface area contributed by atoms with Crippen molar-refractivity contribution in [3.05, 3.63) is 83.2 Å². The summed E-state index contributed by atoms with van der Waals surface area (Å²) in [5.74, 6) is -0.938. The fraction of sp³-hybridized carbons (Fsp3) is 0.250. The summed E-state index contributed by atoms with van der Waals surface area (Å²) < 4.78 is 66.2. The number of hydrazone groups is 1. The summed E-state index contributed by atoms with van der Waals surface area (Å²) in [7, 11) is 1.20. The van der Waals surface area contributed by atoms with Crippen molar-refractivity contribution >= 4 is 12.2 Å². The summed E-state index contributed by atoms with van der Waals surface area (Å²) in [5.41, 5.74) is 0.382. The molecule has 0 radical (unpaired) electrons. The Kier molecular flexibility index (Phi) is 7.68. The lowest BCUT2D eigenvalue weighted by Gasteiger charge is -2.28. The third kappa shape index (κ3) is 5.74. The normalized spacial score (nSPS) is 13.6. The lowest BCUT2D eigenvalue weighted by molar-refractivity contribution is -0.147. The highest BCUT2D eigenvalue weighted by molar-refractivity contribution is 5.82. The van der Waals surface area contributed by atoms with Crippen molar-refractivity contribution in [2.45, 2.75) is 32.1 Å². The van der Waals surface area contributed by atoms with E-state index in [0.29, 0.717) is 23.6 Å². The predicted molar refractivity (Wildman–Crippen MR) is 140 cm³/mol. The molecular weight excluding hydrogens is 544 g/mol. The van der Waals surface area contributed by atoms with Crippen LogP contribution in [0, 0.1) is 5.82 Å². The van der Waals surface area contributed by atoms with Crippen LogP contribution in [0.1, 0.15) is 41.9 Å². The molecule has 1 aliphatic rings. The highest BCUT2D eigenvalue weighted by atomic mass is 19.4. The molecular formula is C28H24F4N6O3. The van der Waals surface area contributed by atoms with Crippen molar-refractivity contribution in [2.24, 2.45) is 5.10 Å². The summed E-state index contributed by atoms with van der Waals surface area (Å²) in [6.07, 6.45) is -0.0793. The first kappa shape index (κ1) is 27.7. The van der Waals surface area contributed by atoms with Gasteiger partial charge < -0.3 is 14.5 Å². The molecule has 0 fully saturated rings. The summed E-state index contributed by atoms with van der Waals surface area (Å²) in [4.78, 5) is 28.6. The summed E-state index contributed by atoms with van der Waals surface area (Å²) >= 11 is 0. The predicted octanol–water partition coefficient (Wildman–Crippen LogP) is 5.54. The number of aromatic amines is 1. The zero-order valence-electron chi connectivity index (χ0n) is 21.9. The van der Waals surface area contributed by atoms with E-state index in [9.17, 15) is 22.4 Å². The number of ether oxygens (including phenoxy) is 2. The number of carbonyl (C=O) groups excluding carboxylic acids is 1. The number of methoxy groups -OCH3 is 1. The zero-order valence-corrected chi connectivity index (χ0v) is 21.9. The lowest BCUT2D eigenvalue weighted by atomic mass is 10.0. The molecule has 2 aromatic carbocycles. The number of aromatic nitrogens is 4. The van der Waals surface area contributed by atoms with Gasteiger partial charge in [0.1, 0.15) is 17.4 Å². The van der Waals surface area contributed by atoms with Crippen LogP contribution in [0.4, 0.5) is 17.6 Å². The summed E-state index contributed by atoms with van der Waals surface area (Å²) in [6.45, 7) is 2.18. The van der Waals surface area contributed by atoms with Gasteiger partial charge in [-0.25, -0.2) is 24.1 Å². The molecule has 0 spiro atoms. The second-order valence-electron chi connectivity index (χ2n) is 9.09. The monoisotopic (exact) mass is 568 g/mol. The van der Waals surface area contributed by atoms with Crippen molar-refractivity contribution in [3.8, 4) is 28.5 Å². The number of rotatable bonds is 8. The van der Waals surface area contributed by atoms with Gasteiger partial charge in [0.2, 0.25) is 0 Å². The van der Waals surface area contributed by atoms with Crippen molar-refractivity contribution in [1.82, 2.24) is 24.9 Å². The maximum atomic E-state index is 14.3. The van der Waals surface area contributed by atoms with Gasteiger partial charge in [-0.3, -0.25) is 5.01 Å². The molecule has 13 heteroatoms. The van der Waals surface area contributed by atoms with Gasteiger partial charge in [-0.1, -0.05) is 19.1 Å². The van der Waals surface area contributed by atoms with Crippen LogP contribution in [0.25, 0.3) is 22.8 Å². The molecule has 1 N–H and O–H groups in total. The smallest absolute Gasteiger partial charge is 0.417 e. The van der Waals surface area contributed by atoms with Crippen LogP contribution in [0.2, 0.25) is 0 Å². The summed E-state index contributed by atoms with van der Waals surface area (Å²) in [5, 5.41) is 5.72. The average molecular weight is 569 g/mol. The first-order valence-electron chi connectivity index (χ1n) is 12.6. The summed E-state index contributed by atoms with van der Waals surface area (Å²) in [6, 6.07) is 8.62. The van der Waals surface area contributed by atoms with E-state index in [2.05, 4.69) is 25.0 Å². The van der Waals surface area contributed by atoms with Gasteiger partial charge in [-0.05, 0) is 36.8 Å². The minimum Gasteiger partial charge on any atom is -0.494 e. The topological polar surface area (TPSA) is 106 Å². The van der Waals surface area contributed by atoms with Crippen LogP contribution in [0.3, 0.4) is 0 Å². The second-order valence-corrected chi connectivity index (χ2v) is 9.09. The Hall–Kier alpha value is -4.81. The standard InChI is InChI=1S/C28H24F4N6O3/c1-3-10-41-17-8-9-18(20(11-17)28(30,31)32)25-33-12-16(13-34-25)24(27(39)40-2)38-15-23-22(14-35-38)36-26(37-23)19-6-4-5-7-21(19)29/h4-9,11-14,24H,3,10,15H2,1-2H3,(H,36,37). The van der Waals surface area contributed by atoms with Crippen LogP contribution >= 0.6 is 0 Å². The molecule has 9 nitrogen and oxygen atoms in total. The Labute approximate surface area is 231 Å². The number of carbonyl (C=O) groups is 1. The van der Waals surface area contributed by atoms with Crippen LogP contribution in [0.15, 0.2) is 60.0 Å². The first-order chi connectivity index (χ1) is 19.7. The van der Waals surface area contributed by atoms with Crippen molar-refractivity contribution in [3.63, 3.8) is 0 Å². The molecule has 2 aromatic heterocycles. The molecule has 0 saturated carbocycles. The average Bonchev–Trinajstić information content (AvgIpc) is 3.39. The van der Waals surface area contributed by atoms with Crippen LogP contribution in [0.5, 0.6) is 5.75 Å². The SMILES string of the molecule is CCCOc1ccc(-c2ncc(C(C(=O)OC)N3Cc4nc(-c5ccccc5F)[nH]c4C=N3)cn2)c(C(F)(F)F)c1. The number of nitrogens with zero attached hydrogens (tertiary/aromatic N) is 5. The number of imidazole rings is 1. The van der Waals surface area contributed by atoms with Crippen LogP contribution in [-0.4, -0.2) is 50.8 Å². The molecule has 1 aliphatic heterocycles. The quantitative estimate of drug-likeness (QED) is 0.220. The molecule has 1 unspecified atom stereocenters. The molecule has 212 valence electrons. The molecule has 41 heavy (non-hydrogen) atoms. The maximum Gasteiger partial charge on any atom is 0.417 e. The fourth-order valence-corrected chi connectivity index (χ4v) is 4.34. The Balaban J connectivity index is 1.43. The van der Waals surface area contributed by atoms with Gasteiger partial charge in [0, 0.05) is 23.5 Å². The number of alkyl halides is 3. The van der Waals surface area contributed by atoms with Crippen LogP contribution in [-0.2, 0) is 22.3 Å². The van der Waals surface area contributed by atoms with E-state index >= 15 is 0 Å². The van der Waals surface area contributed by atoms with Gasteiger partial charge in [-0.15, -0.1) is 0 Å². The number of H-pyrrole nitrogens is 1. The van der Waals surface area contributed by atoms with E-state index in [1.807, 2.05) is 6.92 Å². The van der Waals surface area contributed by atoms with Gasteiger partial charge in [0.05, 0.1) is 49.0 Å². The molecule has 0 saturated heterocycles. The van der Waals surface area contributed by atoms with Gasteiger partial charge >= 0.3 is 12.1 Å². The fourth-order valence-electron chi connectivity index (χ4n) is 4.34. The van der Waals surface area contributed by atoms with Gasteiger partial charge in [0.15, 0.2) is 11.9 Å². The van der Waals surface area contributed by atoms with E-state index in [0.717, 1.165) is 6.07 Å². The highest BCUT2D eigenvalue weighted by Gasteiger charge is 2.36. The molecule has 0 aliphatic carbocycles. The third-order valence-electron chi connectivity index (χ3n) is 6.31. The minimum atomic E-state index is -4.68. The van der Waals surface area contributed by atoms with E-state index in [1.54, 1.807) is 18.2 Å². The molecule has 3 heterocycles. The van der Waals surface area contributed by atoms with Crippen molar-refractivity contribution in [1.29, 1.82) is 0 Å². The minimum absolute atomic E-state index is 0.0513. The van der Waals surface area contributed by atoms with E-state index < -0.39 is 29.6 Å². The first-order valence-corrected chi connectivity index (χ1v) is 12.6. The van der Waals surface area contributed by atoms with Crippen molar-refractivity contribution in [2.75, 3.05) is 13.7 Å². The number of hydrogen-bond acceptors (Lipinski definition) is 8. The molecule has 1 atom stereocenters. The number of hydrogen-bond donors (Lipinski definition) is 1.